The largest absolute Gasteiger partial charge is 0.497 e. The van der Waals surface area contributed by atoms with Crippen LogP contribution in [0.25, 0.3) is 17.3 Å². The molecule has 174 valence electrons. The number of amides is 1. The number of carbonyl (C=O) groups excluding carboxylic acids is 1. The number of carbonyl (C=O) groups is 1. The first kappa shape index (κ1) is 24.3. The summed E-state index contributed by atoms with van der Waals surface area (Å²) in [6.45, 7) is 0. The lowest BCUT2D eigenvalue weighted by Gasteiger charge is -2.07. The Labute approximate surface area is 214 Å². The fourth-order valence-electron chi connectivity index (χ4n) is 3.29. The minimum atomic E-state index is -0.710. The molecule has 0 aliphatic rings. The minimum absolute atomic E-state index is 0.194. The molecular weight excluding hydrogens is 505 g/mol. The van der Waals surface area contributed by atoms with E-state index < -0.39 is 5.91 Å². The van der Waals surface area contributed by atoms with Gasteiger partial charge in [-0.1, -0.05) is 53.5 Å². The number of thiazole rings is 1. The van der Waals surface area contributed by atoms with Crippen LogP contribution in [0.3, 0.4) is 0 Å². The molecule has 3 aromatic carbocycles. The van der Waals surface area contributed by atoms with Gasteiger partial charge in [-0.2, -0.15) is 5.26 Å². The van der Waals surface area contributed by atoms with Crippen molar-refractivity contribution in [3.63, 3.8) is 0 Å². The molecule has 0 saturated carbocycles. The molecule has 1 aromatic heterocycles. The molecule has 4 aromatic rings. The van der Waals surface area contributed by atoms with E-state index in [9.17, 15) is 14.9 Å². The Bertz CT molecular complexity index is 1620. The Balaban J connectivity index is 1.93. The van der Waals surface area contributed by atoms with Crippen molar-refractivity contribution >= 4 is 57.8 Å². The Morgan fingerprint density at radius 3 is 2.46 bits per heavy atom. The first-order valence-electron chi connectivity index (χ1n) is 10.2. The highest BCUT2D eigenvalue weighted by atomic mass is 35.5. The molecule has 1 amide bonds. The second-order valence-electron chi connectivity index (χ2n) is 7.23. The molecule has 0 unspecified atom stereocenters. The third-order valence-electron chi connectivity index (χ3n) is 4.98. The average Bonchev–Trinajstić information content (AvgIpc) is 3.18. The van der Waals surface area contributed by atoms with E-state index in [4.69, 9.17) is 27.9 Å². The highest BCUT2D eigenvalue weighted by Gasteiger charge is 2.18. The number of ether oxygens (including phenoxy) is 1. The molecule has 6 nitrogen and oxygen atoms in total. The molecule has 0 saturated heterocycles. The Kier molecular flexibility index (Phi) is 7.37. The molecular formula is C26H17Cl2N3O3S. The number of anilines is 1. The first-order valence-corrected chi connectivity index (χ1v) is 11.8. The number of methoxy groups -OCH3 is 1. The number of para-hydroxylation sites is 1. The summed E-state index contributed by atoms with van der Waals surface area (Å²) in [4.78, 5) is 26.6. The number of benzene rings is 3. The van der Waals surface area contributed by atoms with Crippen LogP contribution in [0.5, 0.6) is 5.75 Å². The van der Waals surface area contributed by atoms with Gasteiger partial charge in [0.15, 0.2) is 5.57 Å². The smallest absolute Gasteiger partial charge is 0.273 e. The van der Waals surface area contributed by atoms with Gasteiger partial charge in [0, 0.05) is 5.02 Å². The van der Waals surface area contributed by atoms with Crippen LogP contribution in [0.15, 0.2) is 77.6 Å². The molecule has 0 radical (unpaired) electrons. The summed E-state index contributed by atoms with van der Waals surface area (Å²) in [6.07, 6.45) is 1.70. The lowest BCUT2D eigenvalue weighted by Crippen LogP contribution is -2.32. The molecule has 0 aliphatic carbocycles. The number of aromatic nitrogens is 1. The molecule has 35 heavy (non-hydrogen) atoms. The number of halogens is 2. The molecule has 9 heteroatoms. The van der Waals surface area contributed by atoms with E-state index in [2.05, 4.69) is 5.32 Å². The predicted octanol–water partition coefficient (Wildman–Crippen LogP) is 4.36. The zero-order valence-electron chi connectivity index (χ0n) is 18.3. The molecule has 4 rings (SSSR count). The third kappa shape index (κ3) is 5.31. The maximum absolute atomic E-state index is 13.4. The van der Waals surface area contributed by atoms with Crippen LogP contribution in [0.1, 0.15) is 5.56 Å². The third-order valence-corrected chi connectivity index (χ3v) is 6.64. The van der Waals surface area contributed by atoms with Crippen LogP contribution in [0.2, 0.25) is 10.0 Å². The lowest BCUT2D eigenvalue weighted by atomic mass is 10.2. The van der Waals surface area contributed by atoms with Crippen LogP contribution >= 0.6 is 34.5 Å². The summed E-state index contributed by atoms with van der Waals surface area (Å²) in [5.74, 6) is -0.0224. The summed E-state index contributed by atoms with van der Waals surface area (Å²) in [5.41, 5.74) is 0.964. The van der Waals surface area contributed by atoms with Crippen molar-refractivity contribution < 1.29 is 9.53 Å². The van der Waals surface area contributed by atoms with E-state index in [-0.39, 0.29) is 26.5 Å². The second kappa shape index (κ2) is 10.6. The fourth-order valence-corrected chi connectivity index (χ4v) is 4.73. The molecule has 0 atom stereocenters. The normalized spacial score (nSPS) is 12.1. The Morgan fingerprint density at radius 1 is 1.09 bits per heavy atom. The number of nitriles is 1. The van der Waals surface area contributed by atoms with Gasteiger partial charge in [-0.25, -0.2) is 0 Å². The summed E-state index contributed by atoms with van der Waals surface area (Å²) >= 11 is 13.2. The van der Waals surface area contributed by atoms with Gasteiger partial charge >= 0.3 is 0 Å². The van der Waals surface area contributed by atoms with Crippen molar-refractivity contribution in [2.45, 2.75) is 0 Å². The molecule has 0 fully saturated rings. The van der Waals surface area contributed by atoms with E-state index in [0.717, 1.165) is 16.9 Å². The van der Waals surface area contributed by atoms with E-state index in [1.807, 2.05) is 24.3 Å². The van der Waals surface area contributed by atoms with Crippen molar-refractivity contribution in [2.75, 3.05) is 12.4 Å². The number of nitrogens with zero attached hydrogens (tertiary/aromatic N) is 2. The Hall–Kier alpha value is -3.83. The fraction of sp³-hybridized carbons (Fsp3) is 0.0385. The van der Waals surface area contributed by atoms with Crippen LogP contribution in [0.4, 0.5) is 5.69 Å². The lowest BCUT2D eigenvalue weighted by molar-refractivity contribution is -0.111. The zero-order chi connectivity index (χ0) is 24.9. The van der Waals surface area contributed by atoms with Gasteiger partial charge in [0.25, 0.3) is 11.5 Å². The predicted molar refractivity (Wildman–Crippen MR) is 140 cm³/mol. The topological polar surface area (TPSA) is 84.1 Å². The highest BCUT2D eigenvalue weighted by molar-refractivity contribution is 7.07. The van der Waals surface area contributed by atoms with Crippen LogP contribution < -0.4 is 24.8 Å². The minimum Gasteiger partial charge on any atom is -0.497 e. The molecule has 0 aliphatic heterocycles. The summed E-state index contributed by atoms with van der Waals surface area (Å²) in [6, 6.07) is 22.6. The maximum atomic E-state index is 13.4. The van der Waals surface area contributed by atoms with E-state index >= 15 is 0 Å². The van der Waals surface area contributed by atoms with Crippen molar-refractivity contribution in [3.05, 3.63) is 108 Å². The van der Waals surface area contributed by atoms with E-state index in [0.29, 0.717) is 21.0 Å². The Morgan fingerprint density at radius 2 is 1.80 bits per heavy atom. The van der Waals surface area contributed by atoms with Gasteiger partial charge in [0.1, 0.15) is 16.5 Å². The quantitative estimate of drug-likeness (QED) is 0.423. The molecule has 0 spiro atoms. The standard InChI is InChI=1S/C26H17Cl2N3O3S/c1-34-19-10-7-16(8-11-19)13-23-25(33)31(18-5-3-2-4-6-18)26(35-23)20(15-29)24(32)30-22-14-17(27)9-12-21(22)28/h2-14H,1H3,(H,30,32)/b23-13+,26-20-. The van der Waals surface area contributed by atoms with Crippen molar-refractivity contribution in [2.24, 2.45) is 0 Å². The number of hydrogen-bond acceptors (Lipinski definition) is 5. The number of hydrogen-bond donors (Lipinski definition) is 1. The van der Waals surface area contributed by atoms with Gasteiger partial charge in [0.2, 0.25) is 0 Å². The maximum Gasteiger partial charge on any atom is 0.273 e. The monoisotopic (exact) mass is 521 g/mol. The molecule has 1 N–H and O–H groups in total. The highest BCUT2D eigenvalue weighted by Crippen LogP contribution is 2.25. The number of nitrogens with one attached hydrogen (secondary N) is 1. The summed E-state index contributed by atoms with van der Waals surface area (Å²) in [5, 5.41) is 13.2. The van der Waals surface area contributed by atoms with Crippen molar-refractivity contribution in [3.8, 4) is 17.5 Å². The van der Waals surface area contributed by atoms with Crippen LogP contribution in [-0.4, -0.2) is 17.6 Å². The van der Waals surface area contributed by atoms with Gasteiger partial charge in [0.05, 0.1) is 28.0 Å². The van der Waals surface area contributed by atoms with Crippen LogP contribution in [0, 0.1) is 11.3 Å². The van der Waals surface area contributed by atoms with Gasteiger partial charge in [-0.15, -0.1) is 11.3 Å². The second-order valence-corrected chi connectivity index (χ2v) is 9.10. The van der Waals surface area contributed by atoms with E-state index in [1.54, 1.807) is 61.7 Å². The van der Waals surface area contributed by atoms with Crippen molar-refractivity contribution in [1.82, 2.24) is 4.57 Å². The molecule has 0 bridgehead atoms. The molecule has 1 heterocycles. The summed E-state index contributed by atoms with van der Waals surface area (Å²) in [7, 11) is 1.57. The summed E-state index contributed by atoms with van der Waals surface area (Å²) < 4.78 is 7.09. The van der Waals surface area contributed by atoms with Crippen molar-refractivity contribution in [1.29, 1.82) is 5.26 Å². The number of rotatable bonds is 5. The van der Waals surface area contributed by atoms with Gasteiger partial charge in [-0.05, 0) is 54.1 Å². The first-order chi connectivity index (χ1) is 16.9. The van der Waals surface area contributed by atoms with Crippen LogP contribution in [-0.2, 0) is 4.79 Å². The van der Waals surface area contributed by atoms with E-state index in [1.165, 1.54) is 10.6 Å². The SMILES string of the molecule is COc1ccc(/C=c2/s/c(=C(/C#N)C(=O)Nc3cc(Cl)ccc3Cl)n(-c3ccccc3)c2=O)cc1. The van der Waals surface area contributed by atoms with Gasteiger partial charge in [-0.3, -0.25) is 14.2 Å². The zero-order valence-corrected chi connectivity index (χ0v) is 20.6. The van der Waals surface area contributed by atoms with Gasteiger partial charge < -0.3 is 10.1 Å². The average molecular weight is 522 g/mol.